The van der Waals surface area contributed by atoms with Crippen molar-refractivity contribution in [2.24, 2.45) is 9.98 Å². The van der Waals surface area contributed by atoms with Gasteiger partial charge in [0.05, 0.1) is 24.1 Å². The first-order valence-electron chi connectivity index (χ1n) is 22.6. The summed E-state index contributed by atoms with van der Waals surface area (Å²) in [6, 6.07) is 0. The third-order valence-electron chi connectivity index (χ3n) is 11.9. The Morgan fingerprint density at radius 1 is 0.785 bits per heavy atom. The number of aldehydes is 1. The number of aliphatic hydroxyl groups excluding tert-OH is 1. The number of hydrogen-bond acceptors (Lipinski definition) is 6. The Balaban J connectivity index is 0.000000495. The molecular weight excluding hydrogens is 856 g/mol. The minimum absolute atomic E-state index is 0. The third kappa shape index (κ3) is 18.0. The van der Waals surface area contributed by atoms with Crippen molar-refractivity contribution in [3.05, 3.63) is 132 Å². The van der Waals surface area contributed by atoms with E-state index in [4.69, 9.17) is 20.2 Å². The number of carbonyl (C=O) groups excluding carboxylic acids is 1. The molecule has 1 atom stereocenters. The molecule has 352 valence electrons. The van der Waals surface area contributed by atoms with Crippen LogP contribution in [0.1, 0.15) is 155 Å². The van der Waals surface area contributed by atoms with Crippen LogP contribution in [0.5, 0.6) is 0 Å². The summed E-state index contributed by atoms with van der Waals surface area (Å²) >= 11 is 0. The van der Waals surface area contributed by atoms with Gasteiger partial charge in [-0.2, -0.15) is 5.69 Å². The van der Waals surface area contributed by atoms with Crippen molar-refractivity contribution in [2.45, 2.75) is 152 Å². The minimum Gasteiger partial charge on any atom is -0.681 e. The molecule has 1 aromatic rings. The molecule has 0 aliphatic carbocycles. The van der Waals surface area contributed by atoms with Gasteiger partial charge in [-0.05, 0) is 143 Å². The monoisotopic (exact) mass is 928 g/mol. The molecular formula is C54H72FeN4O6. The number of aliphatic imine (C=N–C) groups is 2. The normalized spacial score (nSPS) is 17.2. The van der Waals surface area contributed by atoms with Gasteiger partial charge >= 0.3 is 29.0 Å². The van der Waals surface area contributed by atoms with Crippen LogP contribution in [-0.4, -0.2) is 64.2 Å². The molecule has 1 unspecified atom stereocenters. The average Bonchev–Trinajstić information content (AvgIpc) is 3.94. The van der Waals surface area contributed by atoms with E-state index in [-0.39, 0.29) is 42.9 Å². The number of aryl methyl sites for hydroxylation is 1. The fourth-order valence-electron chi connectivity index (χ4n) is 7.90. The topological polar surface area (TPSA) is 165 Å². The molecule has 0 saturated carbocycles. The number of carboxylic acids is 2. The van der Waals surface area contributed by atoms with Crippen molar-refractivity contribution < 1.29 is 46.8 Å². The van der Waals surface area contributed by atoms with E-state index in [9.17, 15) is 19.5 Å². The SMILES string of the molecule is C=Cc1c(C)[n-]c(/C=C2\N=C(C)C(C)=C2C(O)CC/C=C(\C)CC/C=C(\C)CC/C=C(\C)CCC=C(C)C)c1C.CC1=C(CCC(=O)O)/C(=C/C2=NCC(C=O)=C2CCC(=O)O)[N-]C1.[Fe+2]. The molecule has 4 rings (SSSR count). The number of nitrogens with zero attached hydrogens (tertiary/aromatic N) is 4. The Hall–Kier alpha value is -5.09. The van der Waals surface area contributed by atoms with Gasteiger partial charge < -0.3 is 25.6 Å². The molecule has 10 nitrogen and oxygen atoms in total. The van der Waals surface area contributed by atoms with E-state index in [1.807, 2.05) is 32.9 Å². The molecule has 0 radical (unpaired) electrons. The van der Waals surface area contributed by atoms with Crippen LogP contribution in [0.25, 0.3) is 17.5 Å². The summed E-state index contributed by atoms with van der Waals surface area (Å²) in [5, 5.41) is 33.3. The van der Waals surface area contributed by atoms with Crippen LogP contribution in [0.3, 0.4) is 0 Å². The van der Waals surface area contributed by atoms with Gasteiger partial charge in [0.1, 0.15) is 6.29 Å². The molecule has 0 aromatic carbocycles. The summed E-state index contributed by atoms with van der Waals surface area (Å²) in [6.07, 6.45) is 24.0. The van der Waals surface area contributed by atoms with Gasteiger partial charge in [0, 0.05) is 29.7 Å². The number of allylic oxidation sites excluding steroid dienone is 12. The number of rotatable bonds is 23. The van der Waals surface area contributed by atoms with Crippen LogP contribution in [0, 0.1) is 13.8 Å². The van der Waals surface area contributed by atoms with E-state index in [2.05, 4.69) is 89.7 Å². The molecule has 1 aromatic heterocycles. The first kappa shape index (κ1) is 56.0. The first-order chi connectivity index (χ1) is 30.4. The molecule has 4 heterocycles. The van der Waals surface area contributed by atoms with Crippen LogP contribution in [0.15, 0.2) is 114 Å². The van der Waals surface area contributed by atoms with Crippen LogP contribution in [-0.2, 0) is 31.5 Å². The predicted molar refractivity (Wildman–Crippen MR) is 265 cm³/mol. The second-order valence-electron chi connectivity index (χ2n) is 17.4. The first-order valence-corrected chi connectivity index (χ1v) is 22.6. The van der Waals surface area contributed by atoms with Gasteiger partial charge in [-0.25, -0.2) is 0 Å². The fraction of sp³-hybridized carbons (Fsp3) is 0.463. The van der Waals surface area contributed by atoms with E-state index in [0.717, 1.165) is 101 Å². The van der Waals surface area contributed by atoms with Crippen molar-refractivity contribution in [2.75, 3.05) is 13.1 Å². The summed E-state index contributed by atoms with van der Waals surface area (Å²) in [7, 11) is 0. The van der Waals surface area contributed by atoms with Gasteiger partial charge in [0.15, 0.2) is 0 Å². The second-order valence-corrected chi connectivity index (χ2v) is 17.4. The zero-order chi connectivity index (χ0) is 47.5. The minimum atomic E-state index is -0.935. The summed E-state index contributed by atoms with van der Waals surface area (Å²) < 4.78 is 0. The molecule has 3 aliphatic rings. The summed E-state index contributed by atoms with van der Waals surface area (Å²) in [5.74, 6) is -1.81. The van der Waals surface area contributed by atoms with Gasteiger partial charge in [-0.15, -0.1) is 17.9 Å². The summed E-state index contributed by atoms with van der Waals surface area (Å²) in [5.41, 5.74) is 17.9. The summed E-state index contributed by atoms with van der Waals surface area (Å²) in [4.78, 5) is 46.5. The van der Waals surface area contributed by atoms with E-state index < -0.39 is 18.0 Å². The molecule has 0 amide bonds. The number of aliphatic hydroxyl groups is 1. The Kier molecular flexibility index (Phi) is 24.2. The fourth-order valence-corrected chi connectivity index (χ4v) is 7.90. The quantitative estimate of drug-likeness (QED) is 0.0558. The molecule has 0 fully saturated rings. The predicted octanol–water partition coefficient (Wildman–Crippen LogP) is 12.6. The Morgan fingerprint density at radius 3 is 1.86 bits per heavy atom. The van der Waals surface area contributed by atoms with Gasteiger partial charge in [-0.3, -0.25) is 24.4 Å². The average molecular weight is 929 g/mol. The van der Waals surface area contributed by atoms with Crippen molar-refractivity contribution in [1.29, 1.82) is 0 Å². The van der Waals surface area contributed by atoms with Gasteiger partial charge in [0.2, 0.25) is 0 Å². The molecule has 11 heteroatoms. The van der Waals surface area contributed by atoms with Gasteiger partial charge in [0.25, 0.3) is 0 Å². The zero-order valence-corrected chi connectivity index (χ0v) is 41.6. The largest absolute Gasteiger partial charge is 2.00 e. The third-order valence-corrected chi connectivity index (χ3v) is 11.9. The number of aromatic nitrogens is 1. The van der Waals surface area contributed by atoms with Crippen LogP contribution < -0.4 is 4.98 Å². The standard InChI is InChI=1S/C37H53N2O.C17H20N2O5.Fe/c1-11-33-30(8)34(39-32(33)10)24-35-37(29(7)31(9)38-35)36(40)23-15-22-28(6)21-14-20-27(5)19-13-18-26(4)17-12-16-25(2)3;1-10-7-18-14(12(10)2-4-16(21)22)6-15-13(3-5-17(23)24)11(9-20)8-19-15;/h11,16,18,20,22,24,36,40H,1,12-15,17,19,21,23H2,2-10H3;6,9H,2-5,7-8H2,1H3,(H3,18,19,21,22,23,24);/q-1;;+2/p-1/b26-18+,27-20+,28-22+,35-24-;;. The number of aliphatic carboxylic acids is 2. The maximum absolute atomic E-state index is 11.2. The number of carbonyl (C=O) groups is 3. The smallest absolute Gasteiger partial charge is 0.681 e. The van der Waals surface area contributed by atoms with E-state index >= 15 is 0 Å². The second kappa shape index (κ2) is 28.1. The molecule has 3 aliphatic heterocycles. The molecule has 0 spiro atoms. The summed E-state index contributed by atoms with van der Waals surface area (Å²) in [6.45, 7) is 25.8. The molecule has 0 saturated heterocycles. The van der Waals surface area contributed by atoms with Crippen molar-refractivity contribution in [3.63, 3.8) is 0 Å². The number of carboxylic acid groups (broad SMARTS) is 2. The Morgan fingerprint density at radius 2 is 1.34 bits per heavy atom. The van der Waals surface area contributed by atoms with Crippen molar-refractivity contribution in [1.82, 2.24) is 4.98 Å². The maximum Gasteiger partial charge on any atom is 2.00 e. The maximum atomic E-state index is 11.2. The van der Waals surface area contributed by atoms with E-state index in [1.54, 1.807) is 6.08 Å². The van der Waals surface area contributed by atoms with Gasteiger partial charge in [-0.1, -0.05) is 95.0 Å². The van der Waals surface area contributed by atoms with E-state index in [0.29, 0.717) is 48.2 Å². The molecule has 3 N–H and O–H groups in total. The van der Waals surface area contributed by atoms with E-state index in [1.165, 1.54) is 22.3 Å². The van der Waals surface area contributed by atoms with Crippen LogP contribution in [0.4, 0.5) is 0 Å². The number of hydrogen-bond donors (Lipinski definition) is 3. The van der Waals surface area contributed by atoms with Crippen molar-refractivity contribution in [3.8, 4) is 0 Å². The van der Waals surface area contributed by atoms with Crippen molar-refractivity contribution >= 4 is 41.8 Å². The Labute approximate surface area is 399 Å². The Bertz CT molecular complexity index is 2260. The zero-order valence-electron chi connectivity index (χ0n) is 40.5. The molecule has 0 bridgehead atoms. The van der Waals surface area contributed by atoms with Crippen LogP contribution >= 0.6 is 0 Å². The molecule has 65 heavy (non-hydrogen) atoms. The van der Waals surface area contributed by atoms with Crippen LogP contribution in [0.2, 0.25) is 0 Å².